The maximum Gasteiger partial charge on any atom is 0.253 e. The number of rotatable bonds is 4. The number of pyridine rings is 1. The minimum atomic E-state index is -0.718. The van der Waals surface area contributed by atoms with Crippen molar-refractivity contribution in [1.29, 1.82) is 0 Å². The number of hydrogen-bond acceptors (Lipinski definition) is 4. The molecule has 20 heavy (non-hydrogen) atoms. The van der Waals surface area contributed by atoms with Crippen LogP contribution < -0.4 is 10.1 Å². The summed E-state index contributed by atoms with van der Waals surface area (Å²) in [4.78, 5) is 20.9. The SMILES string of the molecule is CC(C)Oc1ccc(C2=NC(C)(C(C)C)C(=O)N2)nc1. The molecule has 0 fully saturated rings. The molecule has 1 unspecified atom stereocenters. The zero-order valence-corrected chi connectivity index (χ0v) is 12.6. The van der Waals surface area contributed by atoms with Gasteiger partial charge in [-0.15, -0.1) is 0 Å². The molecule has 1 atom stereocenters. The zero-order valence-electron chi connectivity index (χ0n) is 12.6. The molecule has 1 N–H and O–H groups in total. The molecule has 108 valence electrons. The largest absolute Gasteiger partial charge is 0.489 e. The molecule has 2 rings (SSSR count). The number of carbonyl (C=O) groups is 1. The highest BCUT2D eigenvalue weighted by Crippen LogP contribution is 2.26. The topological polar surface area (TPSA) is 63.6 Å². The van der Waals surface area contributed by atoms with Crippen LogP contribution in [0.5, 0.6) is 5.75 Å². The highest BCUT2D eigenvalue weighted by molar-refractivity contribution is 6.14. The molecule has 1 aromatic rings. The summed E-state index contributed by atoms with van der Waals surface area (Å²) < 4.78 is 5.54. The lowest BCUT2D eigenvalue weighted by atomic mass is 9.89. The van der Waals surface area contributed by atoms with E-state index in [4.69, 9.17) is 4.74 Å². The van der Waals surface area contributed by atoms with Gasteiger partial charge in [0.15, 0.2) is 5.84 Å². The van der Waals surface area contributed by atoms with Crippen LogP contribution in [-0.4, -0.2) is 28.4 Å². The Hall–Kier alpha value is -1.91. The van der Waals surface area contributed by atoms with Crippen molar-refractivity contribution in [3.8, 4) is 5.75 Å². The van der Waals surface area contributed by atoms with Gasteiger partial charge < -0.3 is 10.1 Å². The van der Waals surface area contributed by atoms with Crippen molar-refractivity contribution in [1.82, 2.24) is 10.3 Å². The Morgan fingerprint density at radius 2 is 1.95 bits per heavy atom. The molecule has 0 bridgehead atoms. The van der Waals surface area contributed by atoms with Crippen LogP contribution in [0.2, 0.25) is 0 Å². The van der Waals surface area contributed by atoms with E-state index in [1.807, 2.05) is 46.8 Å². The van der Waals surface area contributed by atoms with Gasteiger partial charge in [0.1, 0.15) is 17.0 Å². The van der Waals surface area contributed by atoms with E-state index < -0.39 is 5.54 Å². The molecule has 5 heteroatoms. The average molecular weight is 275 g/mol. The number of amides is 1. The maximum absolute atomic E-state index is 12.1. The molecule has 5 nitrogen and oxygen atoms in total. The average Bonchev–Trinajstić information content (AvgIpc) is 2.67. The molecule has 2 heterocycles. The second-order valence-corrected chi connectivity index (χ2v) is 5.76. The summed E-state index contributed by atoms with van der Waals surface area (Å²) in [7, 11) is 0. The van der Waals surface area contributed by atoms with Crippen LogP contribution >= 0.6 is 0 Å². The molecule has 0 saturated heterocycles. The summed E-state index contributed by atoms with van der Waals surface area (Å²) in [6.45, 7) is 9.74. The summed E-state index contributed by atoms with van der Waals surface area (Å²) in [5, 5.41) is 2.81. The Bertz CT molecular complexity index is 535. The molecule has 0 radical (unpaired) electrons. The highest BCUT2D eigenvalue weighted by Gasteiger charge is 2.42. The number of ether oxygens (including phenoxy) is 1. The lowest BCUT2D eigenvalue weighted by Crippen LogP contribution is -2.41. The summed E-state index contributed by atoms with van der Waals surface area (Å²) in [5.74, 6) is 1.29. The number of aliphatic imine (C=N–C) groups is 1. The third-order valence-corrected chi connectivity index (χ3v) is 3.51. The van der Waals surface area contributed by atoms with Gasteiger partial charge in [0.25, 0.3) is 5.91 Å². The van der Waals surface area contributed by atoms with E-state index in [1.54, 1.807) is 6.20 Å². The van der Waals surface area contributed by atoms with Gasteiger partial charge in [0.05, 0.1) is 12.3 Å². The predicted molar refractivity (Wildman–Crippen MR) is 77.9 cm³/mol. The highest BCUT2D eigenvalue weighted by atomic mass is 16.5. The summed E-state index contributed by atoms with van der Waals surface area (Å²) in [6, 6.07) is 3.64. The molecule has 1 aliphatic rings. The number of hydrogen-bond donors (Lipinski definition) is 1. The summed E-state index contributed by atoms with van der Waals surface area (Å²) in [5.41, 5.74) is -0.0664. The molecular formula is C15H21N3O2. The van der Waals surface area contributed by atoms with E-state index in [1.165, 1.54) is 0 Å². The van der Waals surface area contributed by atoms with Crippen molar-refractivity contribution in [2.24, 2.45) is 10.9 Å². The number of aromatic nitrogens is 1. The molecule has 1 amide bonds. The van der Waals surface area contributed by atoms with Gasteiger partial charge in [0, 0.05) is 0 Å². The van der Waals surface area contributed by atoms with Crippen molar-refractivity contribution < 1.29 is 9.53 Å². The normalized spacial score (nSPS) is 22.1. The van der Waals surface area contributed by atoms with Crippen molar-refractivity contribution >= 4 is 11.7 Å². The molecule has 1 aliphatic heterocycles. The van der Waals surface area contributed by atoms with Gasteiger partial charge in [-0.25, -0.2) is 9.98 Å². The van der Waals surface area contributed by atoms with Gasteiger partial charge in [-0.1, -0.05) is 13.8 Å². The van der Waals surface area contributed by atoms with Crippen LogP contribution in [0, 0.1) is 5.92 Å². The Balaban J connectivity index is 2.23. The van der Waals surface area contributed by atoms with E-state index in [-0.39, 0.29) is 17.9 Å². The fourth-order valence-electron chi connectivity index (χ4n) is 1.92. The van der Waals surface area contributed by atoms with Crippen molar-refractivity contribution in [2.45, 2.75) is 46.3 Å². The first kappa shape index (κ1) is 14.5. The van der Waals surface area contributed by atoms with Crippen LogP contribution in [0.1, 0.15) is 40.3 Å². The Labute approximate surface area is 119 Å². The smallest absolute Gasteiger partial charge is 0.253 e. The maximum atomic E-state index is 12.1. The lowest BCUT2D eigenvalue weighted by Gasteiger charge is -2.21. The van der Waals surface area contributed by atoms with E-state index in [2.05, 4.69) is 15.3 Å². The lowest BCUT2D eigenvalue weighted by molar-refractivity contribution is -0.124. The van der Waals surface area contributed by atoms with E-state index in [0.717, 1.165) is 0 Å². The number of carbonyl (C=O) groups excluding carboxylic acids is 1. The van der Waals surface area contributed by atoms with Crippen LogP contribution in [0.4, 0.5) is 0 Å². The van der Waals surface area contributed by atoms with Gasteiger partial charge in [0.2, 0.25) is 0 Å². The monoisotopic (exact) mass is 275 g/mol. The molecule has 1 aromatic heterocycles. The fraction of sp³-hybridized carbons (Fsp3) is 0.533. The Morgan fingerprint density at radius 3 is 2.40 bits per heavy atom. The molecular weight excluding hydrogens is 254 g/mol. The van der Waals surface area contributed by atoms with Crippen molar-refractivity contribution in [3.63, 3.8) is 0 Å². The first-order chi connectivity index (χ1) is 9.33. The van der Waals surface area contributed by atoms with Crippen LogP contribution in [-0.2, 0) is 4.79 Å². The zero-order chi connectivity index (χ0) is 14.9. The van der Waals surface area contributed by atoms with E-state index >= 15 is 0 Å². The van der Waals surface area contributed by atoms with Crippen LogP contribution in [0.15, 0.2) is 23.3 Å². The molecule has 0 aliphatic carbocycles. The van der Waals surface area contributed by atoms with Gasteiger partial charge in [-0.3, -0.25) is 4.79 Å². The van der Waals surface area contributed by atoms with Gasteiger partial charge in [-0.2, -0.15) is 0 Å². The second kappa shape index (κ2) is 5.23. The second-order valence-electron chi connectivity index (χ2n) is 5.76. The van der Waals surface area contributed by atoms with Gasteiger partial charge >= 0.3 is 0 Å². The molecule has 0 spiro atoms. The molecule has 0 aromatic carbocycles. The van der Waals surface area contributed by atoms with E-state index in [0.29, 0.717) is 17.3 Å². The number of nitrogens with one attached hydrogen (secondary N) is 1. The minimum Gasteiger partial charge on any atom is -0.489 e. The van der Waals surface area contributed by atoms with Crippen molar-refractivity contribution in [2.75, 3.05) is 0 Å². The summed E-state index contributed by atoms with van der Waals surface area (Å²) >= 11 is 0. The third kappa shape index (κ3) is 2.66. The summed E-state index contributed by atoms with van der Waals surface area (Å²) in [6.07, 6.45) is 1.75. The first-order valence-corrected chi connectivity index (χ1v) is 6.87. The number of nitrogens with zero attached hydrogens (tertiary/aromatic N) is 2. The van der Waals surface area contributed by atoms with Gasteiger partial charge in [-0.05, 0) is 38.8 Å². The fourth-order valence-corrected chi connectivity index (χ4v) is 1.92. The van der Waals surface area contributed by atoms with Crippen molar-refractivity contribution in [3.05, 3.63) is 24.0 Å². The minimum absolute atomic E-state index is 0.0770. The predicted octanol–water partition coefficient (Wildman–Crippen LogP) is 2.16. The van der Waals surface area contributed by atoms with Crippen LogP contribution in [0.3, 0.4) is 0 Å². The standard InChI is InChI=1S/C15H21N3O2/c1-9(2)15(5)14(19)17-13(18-15)12-7-6-11(8-16-12)20-10(3)4/h6-10H,1-5H3,(H,17,18,19). The first-order valence-electron chi connectivity index (χ1n) is 6.87. The Kier molecular flexibility index (Phi) is 3.79. The number of amidine groups is 1. The Morgan fingerprint density at radius 1 is 1.25 bits per heavy atom. The van der Waals surface area contributed by atoms with E-state index in [9.17, 15) is 4.79 Å². The molecule has 0 saturated carbocycles. The quantitative estimate of drug-likeness (QED) is 0.915. The van der Waals surface area contributed by atoms with Crippen LogP contribution in [0.25, 0.3) is 0 Å². The third-order valence-electron chi connectivity index (χ3n) is 3.51.